The zero-order valence-electron chi connectivity index (χ0n) is 9.90. The highest BCUT2D eigenvalue weighted by atomic mass is 127. The maximum atomic E-state index is 11.8. The molecule has 0 amide bonds. The zero-order chi connectivity index (χ0) is 12.8. The summed E-state index contributed by atoms with van der Waals surface area (Å²) in [5, 5.41) is 3.13. The third-order valence-corrected chi connectivity index (χ3v) is 3.30. The van der Waals surface area contributed by atoms with Crippen LogP contribution in [0, 0.1) is 3.57 Å². The van der Waals surface area contributed by atoms with Gasteiger partial charge in [-0.2, -0.15) is 0 Å². The Bertz CT molecular complexity index is 508. The van der Waals surface area contributed by atoms with Crippen LogP contribution in [-0.4, -0.2) is 12.3 Å². The van der Waals surface area contributed by atoms with E-state index in [0.717, 1.165) is 11.3 Å². The number of hydrogen-bond donors (Lipinski definition) is 1. The molecule has 0 heterocycles. The van der Waals surface area contributed by atoms with Crippen molar-refractivity contribution in [3.8, 4) is 0 Å². The summed E-state index contributed by atoms with van der Waals surface area (Å²) in [6, 6.07) is 17.8. The van der Waals surface area contributed by atoms with Crippen LogP contribution in [0.25, 0.3) is 0 Å². The predicted octanol–water partition coefficient (Wildman–Crippen LogP) is 3.51. The van der Waals surface area contributed by atoms with Crippen LogP contribution in [0.4, 0.5) is 5.69 Å². The number of nitrogens with one attached hydrogen (secondary N) is 1. The van der Waals surface area contributed by atoms with Gasteiger partial charge in [0, 0.05) is 15.7 Å². The first-order valence-corrected chi connectivity index (χ1v) is 6.87. The minimum absolute atomic E-state index is 0.195. The number of carbonyl (C=O) groups excluding carboxylic acids is 1. The molecule has 0 atom stereocenters. The van der Waals surface area contributed by atoms with Gasteiger partial charge in [0.1, 0.15) is 0 Å². The van der Waals surface area contributed by atoms with Crippen LogP contribution >= 0.6 is 22.6 Å². The van der Waals surface area contributed by atoms with Gasteiger partial charge in [-0.05, 0) is 52.4 Å². The van der Waals surface area contributed by atoms with E-state index in [1.54, 1.807) is 0 Å². The van der Waals surface area contributed by atoms with Gasteiger partial charge in [-0.15, -0.1) is 0 Å². The first-order chi connectivity index (χ1) is 8.74. The summed E-state index contributed by atoms with van der Waals surface area (Å²) < 4.78 is 1.19. The van der Waals surface area contributed by atoms with E-state index < -0.39 is 0 Å². The third-order valence-electron chi connectivity index (χ3n) is 2.58. The first kappa shape index (κ1) is 13.1. The van der Waals surface area contributed by atoms with Gasteiger partial charge in [-0.1, -0.05) is 30.3 Å². The van der Waals surface area contributed by atoms with E-state index in [1.165, 1.54) is 3.57 Å². The quantitative estimate of drug-likeness (QED) is 0.836. The van der Waals surface area contributed by atoms with Crippen LogP contribution in [0.5, 0.6) is 0 Å². The number of Topliss-reactive ketones (excluding diaryl/α,β-unsaturated/α-hetero) is 1. The molecule has 0 saturated heterocycles. The lowest BCUT2D eigenvalue weighted by molar-refractivity contribution is -0.116. The molecule has 0 aromatic heterocycles. The molecule has 2 rings (SSSR count). The molecule has 0 bridgehead atoms. The molecule has 3 heteroatoms. The van der Waals surface area contributed by atoms with Crippen molar-refractivity contribution in [1.82, 2.24) is 0 Å². The summed E-state index contributed by atoms with van der Waals surface area (Å²) in [5.74, 6) is 0.195. The van der Waals surface area contributed by atoms with Crippen molar-refractivity contribution in [1.29, 1.82) is 0 Å². The Morgan fingerprint density at radius 3 is 2.33 bits per heavy atom. The number of ketones is 1. The minimum Gasteiger partial charge on any atom is -0.378 e. The lowest BCUT2D eigenvalue weighted by atomic mass is 10.1. The second-order valence-corrected chi connectivity index (χ2v) is 5.31. The lowest BCUT2D eigenvalue weighted by Gasteiger charge is -2.05. The van der Waals surface area contributed by atoms with E-state index in [2.05, 4.69) is 27.9 Å². The third kappa shape index (κ3) is 4.14. The Morgan fingerprint density at radius 2 is 1.67 bits per heavy atom. The molecule has 0 aliphatic carbocycles. The van der Waals surface area contributed by atoms with Crippen LogP contribution in [-0.2, 0) is 11.2 Å². The number of para-hydroxylation sites is 1. The normalized spacial score (nSPS) is 10.1. The maximum Gasteiger partial charge on any atom is 0.156 e. The standard InChI is InChI=1S/C15H14INO/c16-13-8-6-12(7-9-13)10-15(18)11-17-14-4-2-1-3-5-14/h1-9,17H,10-11H2. The molecule has 0 aliphatic rings. The van der Waals surface area contributed by atoms with Crippen LogP contribution in [0.2, 0.25) is 0 Å². The minimum atomic E-state index is 0.195. The molecule has 0 unspecified atom stereocenters. The van der Waals surface area contributed by atoms with Crippen molar-refractivity contribution in [2.24, 2.45) is 0 Å². The van der Waals surface area contributed by atoms with E-state index >= 15 is 0 Å². The molecule has 18 heavy (non-hydrogen) atoms. The number of anilines is 1. The van der Waals surface area contributed by atoms with E-state index in [4.69, 9.17) is 0 Å². The van der Waals surface area contributed by atoms with E-state index in [1.807, 2.05) is 54.6 Å². The molecule has 0 fully saturated rings. The fraction of sp³-hybridized carbons (Fsp3) is 0.133. The average molecular weight is 351 g/mol. The van der Waals surface area contributed by atoms with Crippen LogP contribution in [0.15, 0.2) is 54.6 Å². The van der Waals surface area contributed by atoms with Gasteiger partial charge < -0.3 is 5.32 Å². The van der Waals surface area contributed by atoms with Gasteiger partial charge in [-0.25, -0.2) is 0 Å². The second kappa shape index (κ2) is 6.54. The van der Waals surface area contributed by atoms with Crippen molar-refractivity contribution in [2.45, 2.75) is 6.42 Å². The summed E-state index contributed by atoms with van der Waals surface area (Å²) in [4.78, 5) is 11.8. The largest absolute Gasteiger partial charge is 0.378 e. The van der Waals surface area contributed by atoms with Crippen molar-refractivity contribution >= 4 is 34.1 Å². The molecule has 0 saturated carbocycles. The average Bonchev–Trinajstić information content (AvgIpc) is 2.40. The smallest absolute Gasteiger partial charge is 0.156 e. The Kier molecular flexibility index (Phi) is 4.75. The summed E-state index contributed by atoms with van der Waals surface area (Å²) in [7, 11) is 0. The number of benzene rings is 2. The highest BCUT2D eigenvalue weighted by Crippen LogP contribution is 2.08. The fourth-order valence-electron chi connectivity index (χ4n) is 1.65. The molecular weight excluding hydrogens is 337 g/mol. The van der Waals surface area contributed by atoms with E-state index in [9.17, 15) is 4.79 Å². The molecule has 1 N–H and O–H groups in total. The second-order valence-electron chi connectivity index (χ2n) is 4.06. The molecule has 0 radical (unpaired) electrons. The molecular formula is C15H14INO. The molecule has 2 nitrogen and oxygen atoms in total. The van der Waals surface area contributed by atoms with Gasteiger partial charge >= 0.3 is 0 Å². The molecule has 2 aromatic carbocycles. The van der Waals surface area contributed by atoms with Crippen molar-refractivity contribution in [3.63, 3.8) is 0 Å². The monoisotopic (exact) mass is 351 g/mol. The summed E-state index contributed by atoms with van der Waals surface area (Å²) >= 11 is 2.26. The molecule has 92 valence electrons. The van der Waals surface area contributed by atoms with Crippen molar-refractivity contribution in [2.75, 3.05) is 11.9 Å². The highest BCUT2D eigenvalue weighted by molar-refractivity contribution is 14.1. The Balaban J connectivity index is 1.84. The number of carbonyl (C=O) groups is 1. The number of rotatable bonds is 5. The van der Waals surface area contributed by atoms with E-state index in [0.29, 0.717) is 13.0 Å². The Labute approximate surface area is 121 Å². The highest BCUT2D eigenvalue weighted by Gasteiger charge is 2.03. The summed E-state index contributed by atoms with van der Waals surface area (Å²) in [5.41, 5.74) is 2.05. The zero-order valence-corrected chi connectivity index (χ0v) is 12.1. The molecule has 2 aromatic rings. The predicted molar refractivity (Wildman–Crippen MR) is 82.8 cm³/mol. The van der Waals surface area contributed by atoms with Crippen LogP contribution in [0.3, 0.4) is 0 Å². The number of hydrogen-bond acceptors (Lipinski definition) is 2. The van der Waals surface area contributed by atoms with Gasteiger partial charge in [-0.3, -0.25) is 4.79 Å². The SMILES string of the molecule is O=C(CNc1ccccc1)Cc1ccc(I)cc1. The van der Waals surface area contributed by atoms with Gasteiger partial charge in [0.05, 0.1) is 6.54 Å². The first-order valence-electron chi connectivity index (χ1n) is 5.79. The Hall–Kier alpha value is -1.36. The fourth-order valence-corrected chi connectivity index (χ4v) is 2.01. The van der Waals surface area contributed by atoms with Gasteiger partial charge in [0.2, 0.25) is 0 Å². The summed E-state index contributed by atoms with van der Waals surface area (Å²) in [6.07, 6.45) is 0.483. The van der Waals surface area contributed by atoms with Crippen molar-refractivity contribution < 1.29 is 4.79 Å². The lowest BCUT2D eigenvalue weighted by Crippen LogP contribution is -2.15. The van der Waals surface area contributed by atoms with Gasteiger partial charge in [0.15, 0.2) is 5.78 Å². The number of halogens is 1. The van der Waals surface area contributed by atoms with Crippen LogP contribution in [0.1, 0.15) is 5.56 Å². The maximum absolute atomic E-state index is 11.8. The van der Waals surface area contributed by atoms with Crippen LogP contribution < -0.4 is 5.32 Å². The van der Waals surface area contributed by atoms with Gasteiger partial charge in [0.25, 0.3) is 0 Å². The Morgan fingerprint density at radius 1 is 1.00 bits per heavy atom. The van der Waals surface area contributed by atoms with Crippen molar-refractivity contribution in [3.05, 3.63) is 63.7 Å². The molecule has 0 aliphatic heterocycles. The van der Waals surface area contributed by atoms with E-state index in [-0.39, 0.29) is 5.78 Å². The topological polar surface area (TPSA) is 29.1 Å². The molecule has 0 spiro atoms. The summed E-state index contributed by atoms with van der Waals surface area (Å²) in [6.45, 7) is 0.371.